The predicted octanol–water partition coefficient (Wildman–Crippen LogP) is 8.38. The number of nitrogens with zero attached hydrogens (tertiary/aromatic N) is 2. The highest BCUT2D eigenvalue weighted by Gasteiger charge is 2.42. The van der Waals surface area contributed by atoms with E-state index in [2.05, 4.69) is 185 Å². The van der Waals surface area contributed by atoms with Crippen LogP contribution in [0.4, 0.5) is 5.69 Å². The third-order valence-corrected chi connectivity index (χ3v) is 14.0. The first-order chi connectivity index (χ1) is 22.8. The lowest BCUT2D eigenvalue weighted by molar-refractivity contribution is 1.18. The van der Waals surface area contributed by atoms with Gasteiger partial charge in [0.15, 0.2) is 13.8 Å². The van der Waals surface area contributed by atoms with Crippen molar-refractivity contribution in [3.8, 4) is 16.8 Å². The smallest absolute Gasteiger partial charge is 0.189 e. The Morgan fingerprint density at radius 1 is 0.457 bits per heavy atom. The van der Waals surface area contributed by atoms with Crippen molar-refractivity contribution in [3.05, 3.63) is 193 Å². The first-order valence-corrected chi connectivity index (χ1v) is 17.6. The van der Waals surface area contributed by atoms with Crippen LogP contribution in [0.2, 0.25) is 0 Å². The number of aromatic nitrogens is 1. The molecular weight excluding hydrogens is 573 g/mol. The molecule has 0 bridgehead atoms. The molecule has 1 heterocycles. The highest BCUT2D eigenvalue weighted by atomic mass is 28.3. The van der Waals surface area contributed by atoms with Crippen molar-refractivity contribution >= 4 is 56.3 Å². The van der Waals surface area contributed by atoms with Crippen LogP contribution in [0, 0.1) is 6.57 Å². The third-order valence-electron chi connectivity index (χ3n) is 9.13. The average molecular weight is 603 g/mol. The van der Waals surface area contributed by atoms with Gasteiger partial charge in [-0.1, -0.05) is 152 Å². The zero-order chi connectivity index (χ0) is 30.9. The monoisotopic (exact) mass is 602 g/mol. The molecular formula is C43H30N2Si. The summed E-state index contributed by atoms with van der Waals surface area (Å²) in [7, 11) is -2.81. The van der Waals surface area contributed by atoms with E-state index in [4.69, 9.17) is 6.57 Å². The van der Waals surface area contributed by atoms with E-state index in [1.165, 1.54) is 31.5 Å². The summed E-state index contributed by atoms with van der Waals surface area (Å²) >= 11 is 0. The van der Waals surface area contributed by atoms with Gasteiger partial charge in [0.05, 0.1) is 17.6 Å². The van der Waals surface area contributed by atoms with Crippen LogP contribution >= 0.6 is 0 Å². The zero-order valence-corrected chi connectivity index (χ0v) is 26.2. The number of hydrogen-bond donors (Lipinski definition) is 0. The van der Waals surface area contributed by atoms with Gasteiger partial charge in [0.1, 0.15) is 0 Å². The molecule has 46 heavy (non-hydrogen) atoms. The van der Waals surface area contributed by atoms with Gasteiger partial charge in [-0.3, -0.25) is 0 Å². The molecule has 7 aromatic carbocycles. The van der Waals surface area contributed by atoms with E-state index in [1.807, 2.05) is 6.07 Å². The summed E-state index contributed by atoms with van der Waals surface area (Å²) in [4.78, 5) is 4.00. The van der Waals surface area contributed by atoms with Crippen LogP contribution in [0.15, 0.2) is 182 Å². The fourth-order valence-corrected chi connectivity index (χ4v) is 12.2. The van der Waals surface area contributed by atoms with Crippen LogP contribution < -0.4 is 20.7 Å². The molecule has 0 saturated carbocycles. The molecule has 216 valence electrons. The maximum atomic E-state index is 8.16. The quantitative estimate of drug-likeness (QED) is 0.103. The van der Waals surface area contributed by atoms with E-state index in [1.54, 1.807) is 0 Å². The Labute approximate surface area is 270 Å². The Hall–Kier alpha value is -5.95. The molecule has 0 aliphatic rings. The zero-order valence-electron chi connectivity index (χ0n) is 25.2. The van der Waals surface area contributed by atoms with Gasteiger partial charge in [-0.25, -0.2) is 4.85 Å². The van der Waals surface area contributed by atoms with Crippen molar-refractivity contribution in [1.82, 2.24) is 4.57 Å². The standard InChI is InChI=1S/C43H30N2Si/c1-44-33-29-32(30-34(31-33)45-41-26-14-11-24-39(41)40-25-12-15-27-42(40)45)38-23-13-16-28-43(38)46(35-17-5-2-6-18-35,36-19-7-3-8-20-36)37-21-9-4-10-22-37/h2-31H. The lowest BCUT2D eigenvalue weighted by atomic mass is 10.0. The van der Waals surface area contributed by atoms with Crippen LogP contribution in [0.5, 0.6) is 0 Å². The Bertz CT molecular complexity index is 2220. The second kappa shape index (κ2) is 11.5. The van der Waals surface area contributed by atoms with Crippen LogP contribution in [0.25, 0.3) is 43.5 Å². The minimum Gasteiger partial charge on any atom is -0.310 e. The van der Waals surface area contributed by atoms with Crippen molar-refractivity contribution in [2.24, 2.45) is 0 Å². The molecule has 0 N–H and O–H groups in total. The first kappa shape index (κ1) is 27.6. The van der Waals surface area contributed by atoms with Gasteiger partial charge in [-0.2, -0.15) is 0 Å². The Morgan fingerprint density at radius 2 is 0.913 bits per heavy atom. The Kier molecular flexibility index (Phi) is 6.91. The second-order valence-electron chi connectivity index (χ2n) is 11.6. The normalized spacial score (nSPS) is 11.5. The van der Waals surface area contributed by atoms with Crippen LogP contribution in [-0.4, -0.2) is 12.6 Å². The number of benzene rings is 7. The van der Waals surface area contributed by atoms with E-state index in [0.29, 0.717) is 5.69 Å². The van der Waals surface area contributed by atoms with Gasteiger partial charge < -0.3 is 4.57 Å². The topological polar surface area (TPSA) is 9.29 Å². The summed E-state index contributed by atoms with van der Waals surface area (Å²) in [6.45, 7) is 8.16. The van der Waals surface area contributed by atoms with Crippen molar-refractivity contribution < 1.29 is 0 Å². The maximum Gasteiger partial charge on any atom is 0.189 e. The summed E-state index contributed by atoms with van der Waals surface area (Å²) < 4.78 is 2.31. The number of hydrogen-bond acceptors (Lipinski definition) is 0. The van der Waals surface area contributed by atoms with Gasteiger partial charge in [0, 0.05) is 16.5 Å². The molecule has 2 nitrogen and oxygen atoms in total. The van der Waals surface area contributed by atoms with Crippen LogP contribution in [0.1, 0.15) is 0 Å². The maximum absolute atomic E-state index is 8.16. The lowest BCUT2D eigenvalue weighted by Gasteiger charge is -2.36. The van der Waals surface area contributed by atoms with Gasteiger partial charge in [-0.05, 0) is 62.2 Å². The molecule has 0 amide bonds. The van der Waals surface area contributed by atoms with Crippen molar-refractivity contribution in [2.45, 2.75) is 0 Å². The van der Waals surface area contributed by atoms with E-state index in [9.17, 15) is 0 Å². The molecule has 1 aromatic heterocycles. The van der Waals surface area contributed by atoms with Gasteiger partial charge in [0.25, 0.3) is 0 Å². The van der Waals surface area contributed by atoms with Gasteiger partial charge in [0.2, 0.25) is 0 Å². The minimum atomic E-state index is -2.81. The molecule has 0 aliphatic carbocycles. The summed E-state index contributed by atoms with van der Waals surface area (Å²) in [5.41, 5.74) is 6.06. The minimum absolute atomic E-state index is 0.621. The molecule has 0 fully saturated rings. The average Bonchev–Trinajstić information content (AvgIpc) is 3.48. The molecule has 8 rings (SSSR count). The fourth-order valence-electron chi connectivity index (χ4n) is 7.24. The number of para-hydroxylation sites is 2. The SMILES string of the molecule is [C-]#[N+]c1cc(-c2ccccc2[Si](c2ccccc2)(c2ccccc2)c2ccccc2)cc(-n2c3ccccc3c3ccccc32)c1. The van der Waals surface area contributed by atoms with E-state index in [0.717, 1.165) is 27.8 Å². The second-order valence-corrected chi connectivity index (χ2v) is 15.4. The number of fused-ring (bicyclic) bond motifs is 3. The summed E-state index contributed by atoms with van der Waals surface area (Å²) in [6.07, 6.45) is 0. The largest absolute Gasteiger partial charge is 0.310 e. The molecule has 3 heteroatoms. The van der Waals surface area contributed by atoms with E-state index in [-0.39, 0.29) is 0 Å². The third kappa shape index (κ3) is 4.39. The molecule has 0 radical (unpaired) electrons. The summed E-state index contributed by atoms with van der Waals surface area (Å²) in [6, 6.07) is 65.3. The highest BCUT2D eigenvalue weighted by Crippen LogP contribution is 2.35. The van der Waals surface area contributed by atoms with Crippen LogP contribution in [-0.2, 0) is 0 Å². The van der Waals surface area contributed by atoms with Crippen molar-refractivity contribution in [3.63, 3.8) is 0 Å². The Morgan fingerprint density at radius 3 is 1.43 bits per heavy atom. The molecule has 0 spiro atoms. The molecule has 0 unspecified atom stereocenters. The summed E-state index contributed by atoms with van der Waals surface area (Å²) in [5, 5.41) is 7.68. The first-order valence-electron chi connectivity index (χ1n) is 15.6. The van der Waals surface area contributed by atoms with Crippen LogP contribution in [0.3, 0.4) is 0 Å². The van der Waals surface area contributed by atoms with Gasteiger partial charge in [-0.15, -0.1) is 0 Å². The van der Waals surface area contributed by atoms with Crippen molar-refractivity contribution in [2.75, 3.05) is 0 Å². The van der Waals surface area contributed by atoms with Gasteiger partial charge >= 0.3 is 0 Å². The lowest BCUT2D eigenvalue weighted by Crippen LogP contribution is -2.75. The summed E-state index contributed by atoms with van der Waals surface area (Å²) in [5.74, 6) is 0. The fraction of sp³-hybridized carbons (Fsp3) is 0. The highest BCUT2D eigenvalue weighted by molar-refractivity contribution is 7.20. The molecule has 0 saturated heterocycles. The number of rotatable bonds is 6. The van der Waals surface area contributed by atoms with E-state index >= 15 is 0 Å². The van der Waals surface area contributed by atoms with Crippen molar-refractivity contribution in [1.29, 1.82) is 0 Å². The van der Waals surface area contributed by atoms with E-state index < -0.39 is 8.07 Å². The molecule has 8 aromatic rings. The Balaban J connectivity index is 1.46. The molecule has 0 aliphatic heterocycles. The predicted molar refractivity (Wildman–Crippen MR) is 196 cm³/mol. The molecule has 0 atom stereocenters.